The predicted octanol–water partition coefficient (Wildman–Crippen LogP) is 20.1. The van der Waals surface area contributed by atoms with E-state index in [4.69, 9.17) is 13.8 Å². The molecule has 3 atom stereocenters. The van der Waals surface area contributed by atoms with Gasteiger partial charge in [0.15, 0.2) is 0 Å². The molecule has 10 heteroatoms. The second-order valence-electron chi connectivity index (χ2n) is 23.6. The summed E-state index contributed by atoms with van der Waals surface area (Å²) in [6.07, 6.45) is 66.0. The standard InChI is InChI=1S/C65H127N2O7P/c1-7-10-13-16-19-22-25-28-30-31-32-33-34-35-36-37-38-39-42-45-48-51-54-57-64(68)66-62(61-73-75(70,71)72-60-59-67(4,5)6)63(56-53-50-47-44-41-27-24-21-18-15-12-9-3)74-65(69)58-55-52-49-46-43-40-29-26-23-20-17-14-11-8-2/h28,30,53,56,62-63H,7-27,29,31-52,54-55,57-61H2,1-6H3,(H-,66,68,70,71)/p+1/b30-28+,56-53-. The molecule has 9 nitrogen and oxygen atoms in total. The lowest BCUT2D eigenvalue weighted by atomic mass is 10.0. The molecule has 0 aromatic heterocycles. The van der Waals surface area contributed by atoms with Crippen LogP contribution in [-0.4, -0.2) is 74.3 Å². The van der Waals surface area contributed by atoms with Crippen LogP contribution in [0.4, 0.5) is 0 Å². The highest BCUT2D eigenvalue weighted by atomic mass is 31.2. The van der Waals surface area contributed by atoms with Crippen molar-refractivity contribution < 1.29 is 37.3 Å². The fourth-order valence-electron chi connectivity index (χ4n) is 9.82. The van der Waals surface area contributed by atoms with E-state index >= 15 is 0 Å². The second-order valence-corrected chi connectivity index (χ2v) is 25.1. The number of quaternary nitrogens is 1. The van der Waals surface area contributed by atoms with Gasteiger partial charge in [-0.2, -0.15) is 0 Å². The molecule has 0 spiro atoms. The highest BCUT2D eigenvalue weighted by molar-refractivity contribution is 7.47. The Morgan fingerprint density at radius 1 is 0.453 bits per heavy atom. The number of hydrogen-bond donors (Lipinski definition) is 2. The number of carbonyl (C=O) groups excluding carboxylic acids is 2. The summed E-state index contributed by atoms with van der Waals surface area (Å²) in [5.74, 6) is -0.487. The molecule has 0 rings (SSSR count). The van der Waals surface area contributed by atoms with Crippen molar-refractivity contribution in [3.63, 3.8) is 0 Å². The Bertz CT molecular complexity index is 1340. The Morgan fingerprint density at radius 2 is 0.773 bits per heavy atom. The van der Waals surface area contributed by atoms with Gasteiger partial charge in [0.1, 0.15) is 19.3 Å². The summed E-state index contributed by atoms with van der Waals surface area (Å²) in [5.41, 5.74) is 0. The first-order chi connectivity index (χ1) is 36.4. The molecule has 0 aliphatic carbocycles. The number of allylic oxidation sites excluding steroid dienone is 3. The molecule has 2 N–H and O–H groups in total. The number of rotatable bonds is 60. The molecule has 0 heterocycles. The molecule has 3 unspecified atom stereocenters. The van der Waals surface area contributed by atoms with Gasteiger partial charge in [-0.05, 0) is 57.4 Å². The van der Waals surface area contributed by atoms with E-state index < -0.39 is 20.0 Å². The summed E-state index contributed by atoms with van der Waals surface area (Å²) in [6.45, 7) is 7.05. The molecule has 0 bridgehead atoms. The molecule has 0 fully saturated rings. The minimum absolute atomic E-state index is 0.0442. The minimum atomic E-state index is -4.44. The van der Waals surface area contributed by atoms with E-state index in [1.807, 2.05) is 33.3 Å². The number of phosphoric ester groups is 1. The average molecular weight is 1080 g/mol. The van der Waals surface area contributed by atoms with Gasteiger partial charge in [-0.25, -0.2) is 4.57 Å². The molecule has 0 saturated carbocycles. The van der Waals surface area contributed by atoms with Crippen LogP contribution < -0.4 is 5.32 Å². The zero-order valence-corrected chi connectivity index (χ0v) is 51.7. The van der Waals surface area contributed by atoms with E-state index in [2.05, 4.69) is 38.2 Å². The van der Waals surface area contributed by atoms with E-state index in [9.17, 15) is 19.0 Å². The molecule has 75 heavy (non-hydrogen) atoms. The van der Waals surface area contributed by atoms with Crippen molar-refractivity contribution in [3.05, 3.63) is 24.3 Å². The van der Waals surface area contributed by atoms with Crippen LogP contribution in [0.2, 0.25) is 0 Å². The van der Waals surface area contributed by atoms with Gasteiger partial charge in [0.25, 0.3) is 0 Å². The molecule has 1 amide bonds. The summed E-state index contributed by atoms with van der Waals surface area (Å²) in [7, 11) is 1.51. The number of nitrogens with one attached hydrogen (secondary N) is 1. The molecule has 444 valence electrons. The van der Waals surface area contributed by atoms with Gasteiger partial charge < -0.3 is 19.4 Å². The van der Waals surface area contributed by atoms with Crippen LogP contribution in [0.25, 0.3) is 0 Å². The van der Waals surface area contributed by atoms with E-state index in [-0.39, 0.29) is 25.1 Å². The zero-order valence-electron chi connectivity index (χ0n) is 50.8. The molecule has 0 aromatic carbocycles. The number of esters is 1. The minimum Gasteiger partial charge on any atom is -0.456 e. The first-order valence-corrected chi connectivity index (χ1v) is 34.2. The first-order valence-electron chi connectivity index (χ1n) is 32.7. The smallest absolute Gasteiger partial charge is 0.456 e. The fourth-order valence-corrected chi connectivity index (χ4v) is 10.6. The number of phosphoric acid groups is 1. The van der Waals surface area contributed by atoms with Crippen LogP contribution in [0.15, 0.2) is 24.3 Å². The summed E-state index contributed by atoms with van der Waals surface area (Å²) < 4.78 is 30.7. The fraction of sp³-hybridized carbons (Fsp3) is 0.908. The summed E-state index contributed by atoms with van der Waals surface area (Å²) >= 11 is 0. The number of ether oxygens (including phenoxy) is 1. The maximum absolute atomic E-state index is 13.6. The number of nitrogens with zero attached hydrogens (tertiary/aromatic N) is 1. The number of unbranched alkanes of at least 4 members (excludes halogenated alkanes) is 42. The molecular formula is C65H128N2O7P+. The summed E-state index contributed by atoms with van der Waals surface area (Å²) in [5, 5.41) is 3.07. The van der Waals surface area contributed by atoms with Crippen molar-refractivity contribution in [3.8, 4) is 0 Å². The van der Waals surface area contributed by atoms with Gasteiger partial charge in [0.05, 0.1) is 33.8 Å². The van der Waals surface area contributed by atoms with Gasteiger partial charge in [-0.1, -0.05) is 283 Å². The highest BCUT2D eigenvalue weighted by Crippen LogP contribution is 2.43. The monoisotopic (exact) mass is 1080 g/mol. The first kappa shape index (κ1) is 73.5. The predicted molar refractivity (Wildman–Crippen MR) is 323 cm³/mol. The van der Waals surface area contributed by atoms with Crippen molar-refractivity contribution in [1.82, 2.24) is 5.32 Å². The number of amides is 1. The summed E-state index contributed by atoms with van der Waals surface area (Å²) in [4.78, 5) is 37.7. The van der Waals surface area contributed by atoms with Crippen molar-refractivity contribution >= 4 is 19.7 Å². The lowest BCUT2D eigenvalue weighted by molar-refractivity contribution is -0.870. The molecule has 0 radical (unpaired) electrons. The Hall–Kier alpha value is -1.51. The van der Waals surface area contributed by atoms with Gasteiger partial charge in [-0.15, -0.1) is 0 Å². The van der Waals surface area contributed by atoms with Crippen LogP contribution >= 0.6 is 7.82 Å². The van der Waals surface area contributed by atoms with E-state index in [0.29, 0.717) is 23.9 Å². The van der Waals surface area contributed by atoms with Gasteiger partial charge in [0.2, 0.25) is 5.91 Å². The zero-order chi connectivity index (χ0) is 55.0. The molecule has 0 aromatic rings. The molecule has 0 aliphatic rings. The van der Waals surface area contributed by atoms with E-state index in [1.165, 1.54) is 238 Å². The maximum Gasteiger partial charge on any atom is 0.472 e. The van der Waals surface area contributed by atoms with Crippen molar-refractivity contribution in [2.45, 2.75) is 341 Å². The lowest BCUT2D eigenvalue weighted by Gasteiger charge is -2.27. The van der Waals surface area contributed by atoms with E-state index in [1.54, 1.807) is 0 Å². The number of hydrogen-bond acceptors (Lipinski definition) is 6. The van der Waals surface area contributed by atoms with Crippen LogP contribution in [0, 0.1) is 0 Å². The summed E-state index contributed by atoms with van der Waals surface area (Å²) in [6, 6.07) is -0.842. The second kappa shape index (κ2) is 55.8. The quantitative estimate of drug-likeness (QED) is 0.0205. The molecule has 0 saturated heterocycles. The third-order valence-corrected chi connectivity index (χ3v) is 15.9. The molecular weight excluding hydrogens is 952 g/mol. The van der Waals surface area contributed by atoms with Crippen LogP contribution in [0.1, 0.15) is 329 Å². The number of carbonyl (C=O) groups is 2. The SMILES string of the molecule is CCCCCCCC/C=C/CCCCCCCCCCCCCCCC(=O)NC(COP(=O)(O)OCC[N+](C)(C)C)C(/C=C\CCCCCCCCCCCC)OC(=O)CCCCCCCCCCCCCCCC. The van der Waals surface area contributed by atoms with Crippen molar-refractivity contribution in [1.29, 1.82) is 0 Å². The van der Waals surface area contributed by atoms with Crippen LogP contribution in [0.5, 0.6) is 0 Å². The Labute approximate surface area is 466 Å². The van der Waals surface area contributed by atoms with E-state index in [0.717, 1.165) is 57.8 Å². The maximum atomic E-state index is 13.6. The normalized spacial score (nSPS) is 13.7. The lowest BCUT2D eigenvalue weighted by Crippen LogP contribution is -2.47. The Balaban J connectivity index is 5.10. The van der Waals surface area contributed by atoms with Gasteiger partial charge in [0, 0.05) is 12.8 Å². The van der Waals surface area contributed by atoms with Crippen LogP contribution in [-0.2, 0) is 27.9 Å². The molecule has 0 aliphatic heterocycles. The largest absolute Gasteiger partial charge is 0.472 e. The van der Waals surface area contributed by atoms with Gasteiger partial charge in [-0.3, -0.25) is 18.6 Å². The third kappa shape index (κ3) is 57.0. The van der Waals surface area contributed by atoms with Crippen molar-refractivity contribution in [2.75, 3.05) is 40.9 Å². The average Bonchev–Trinajstić information content (AvgIpc) is 3.37. The highest BCUT2D eigenvalue weighted by Gasteiger charge is 2.30. The Kier molecular flexibility index (Phi) is 54.7. The van der Waals surface area contributed by atoms with Crippen molar-refractivity contribution in [2.24, 2.45) is 0 Å². The number of likely N-dealkylation sites (N-methyl/N-ethyl adjacent to an activating group) is 1. The van der Waals surface area contributed by atoms with Crippen LogP contribution in [0.3, 0.4) is 0 Å². The van der Waals surface area contributed by atoms with Gasteiger partial charge >= 0.3 is 13.8 Å². The third-order valence-electron chi connectivity index (χ3n) is 14.9. The Morgan fingerprint density at radius 3 is 1.13 bits per heavy atom. The topological polar surface area (TPSA) is 111 Å².